The van der Waals surface area contributed by atoms with E-state index >= 15 is 0 Å². The van der Waals surface area contributed by atoms with Gasteiger partial charge in [0.1, 0.15) is 17.1 Å². The van der Waals surface area contributed by atoms with E-state index in [1.54, 1.807) is 67.1 Å². The Morgan fingerprint density at radius 3 is 2.19 bits per heavy atom. The third-order valence-corrected chi connectivity index (χ3v) is 4.76. The molecule has 1 aromatic heterocycles. The molecule has 31 heavy (non-hydrogen) atoms. The minimum Gasteiger partial charge on any atom is -0.469 e. The fourth-order valence-electron chi connectivity index (χ4n) is 3.10. The molecule has 0 atom stereocenters. The van der Waals surface area contributed by atoms with Gasteiger partial charge in [-0.3, -0.25) is 19.6 Å². The first-order chi connectivity index (χ1) is 14.8. The van der Waals surface area contributed by atoms with Crippen LogP contribution in [0.3, 0.4) is 0 Å². The molecule has 0 N–H and O–H groups in total. The number of aromatic nitrogens is 2. The molecule has 2 aromatic carbocycles. The number of rotatable bonds is 7. The van der Waals surface area contributed by atoms with Gasteiger partial charge in [-0.2, -0.15) is 5.10 Å². The van der Waals surface area contributed by atoms with E-state index < -0.39 is 10.9 Å². The average molecular weight is 423 g/mol. The van der Waals surface area contributed by atoms with E-state index in [4.69, 9.17) is 4.74 Å². The van der Waals surface area contributed by atoms with Crippen LogP contribution in [0, 0.1) is 24.0 Å². The highest BCUT2D eigenvalue weighted by atomic mass is 16.6. The van der Waals surface area contributed by atoms with Gasteiger partial charge in [-0.1, -0.05) is 24.3 Å². The lowest BCUT2D eigenvalue weighted by Crippen LogP contribution is -2.09. The highest BCUT2D eigenvalue weighted by Crippen LogP contribution is 2.23. The third-order valence-electron chi connectivity index (χ3n) is 4.76. The van der Waals surface area contributed by atoms with Gasteiger partial charge in [-0.25, -0.2) is 4.79 Å². The Bertz CT molecular complexity index is 1120. The van der Waals surface area contributed by atoms with E-state index in [0.29, 0.717) is 29.2 Å². The van der Waals surface area contributed by atoms with Crippen molar-refractivity contribution < 1.29 is 24.0 Å². The largest absolute Gasteiger partial charge is 0.469 e. The molecule has 0 saturated heterocycles. The summed E-state index contributed by atoms with van der Waals surface area (Å²) < 4.78 is 11.5. The maximum atomic E-state index is 12.4. The molecule has 1 heterocycles. The second-order valence-electron chi connectivity index (χ2n) is 6.92. The molecular formula is C22H21N3O6. The van der Waals surface area contributed by atoms with Crippen molar-refractivity contribution >= 4 is 17.6 Å². The standard InChI is InChI=1S/C22H21N3O6/c1-14-21(25(28)29)15(2)24(23-14)13-17-4-8-18(9-5-17)22(27)31-19-10-6-16(7-11-19)12-20(26)30-3/h4-11H,12-13H2,1-3H3. The Balaban J connectivity index is 1.65. The quantitative estimate of drug-likeness (QED) is 0.248. The zero-order valence-electron chi connectivity index (χ0n) is 17.3. The Kier molecular flexibility index (Phi) is 6.44. The molecule has 9 nitrogen and oxygen atoms in total. The highest BCUT2D eigenvalue weighted by molar-refractivity contribution is 5.91. The van der Waals surface area contributed by atoms with Gasteiger partial charge in [-0.15, -0.1) is 0 Å². The van der Waals surface area contributed by atoms with Crippen molar-refractivity contribution in [2.24, 2.45) is 0 Å². The lowest BCUT2D eigenvalue weighted by molar-refractivity contribution is -0.386. The summed E-state index contributed by atoms with van der Waals surface area (Å²) >= 11 is 0. The molecular weight excluding hydrogens is 402 g/mol. The number of ether oxygens (including phenoxy) is 2. The molecule has 9 heteroatoms. The van der Waals surface area contributed by atoms with E-state index in [0.717, 1.165) is 11.1 Å². The monoisotopic (exact) mass is 423 g/mol. The van der Waals surface area contributed by atoms with Crippen LogP contribution in [-0.4, -0.2) is 33.8 Å². The topological polar surface area (TPSA) is 114 Å². The van der Waals surface area contributed by atoms with Crippen molar-refractivity contribution in [3.05, 3.63) is 86.7 Å². The zero-order valence-corrected chi connectivity index (χ0v) is 17.3. The van der Waals surface area contributed by atoms with Crippen LogP contribution in [0.15, 0.2) is 48.5 Å². The van der Waals surface area contributed by atoms with Crippen LogP contribution in [0.25, 0.3) is 0 Å². The number of benzene rings is 2. The lowest BCUT2D eigenvalue weighted by atomic mass is 10.1. The van der Waals surface area contributed by atoms with Gasteiger partial charge in [0.25, 0.3) is 0 Å². The zero-order chi connectivity index (χ0) is 22.5. The molecule has 0 aliphatic rings. The molecule has 0 radical (unpaired) electrons. The molecule has 3 aromatic rings. The van der Waals surface area contributed by atoms with Crippen LogP contribution in [0.2, 0.25) is 0 Å². The molecule has 160 valence electrons. The number of hydrogen-bond donors (Lipinski definition) is 0. The van der Waals surface area contributed by atoms with Crippen molar-refractivity contribution in [3.63, 3.8) is 0 Å². The lowest BCUT2D eigenvalue weighted by Gasteiger charge is -2.07. The van der Waals surface area contributed by atoms with Gasteiger partial charge >= 0.3 is 17.6 Å². The van der Waals surface area contributed by atoms with Crippen molar-refractivity contribution in [2.45, 2.75) is 26.8 Å². The molecule has 0 aliphatic carbocycles. The highest BCUT2D eigenvalue weighted by Gasteiger charge is 2.21. The molecule has 0 bridgehead atoms. The first-order valence-corrected chi connectivity index (χ1v) is 9.43. The molecule has 0 amide bonds. The summed E-state index contributed by atoms with van der Waals surface area (Å²) in [7, 11) is 1.32. The first-order valence-electron chi connectivity index (χ1n) is 9.43. The smallest absolute Gasteiger partial charge is 0.343 e. The molecule has 0 saturated carbocycles. The van der Waals surface area contributed by atoms with E-state index in [9.17, 15) is 19.7 Å². The summed E-state index contributed by atoms with van der Waals surface area (Å²) in [5.41, 5.74) is 2.80. The predicted molar refractivity (Wildman–Crippen MR) is 111 cm³/mol. The molecule has 0 aliphatic heterocycles. The first kappa shape index (κ1) is 21.7. The van der Waals surface area contributed by atoms with Crippen LogP contribution in [0.5, 0.6) is 5.75 Å². The number of esters is 2. The maximum absolute atomic E-state index is 12.4. The van der Waals surface area contributed by atoms with Crippen molar-refractivity contribution in [3.8, 4) is 5.75 Å². The Hall–Kier alpha value is -4.01. The molecule has 3 rings (SSSR count). The normalized spacial score (nSPS) is 10.5. The maximum Gasteiger partial charge on any atom is 0.343 e. The van der Waals surface area contributed by atoms with E-state index in [-0.39, 0.29) is 18.1 Å². The number of aryl methyl sites for hydroxylation is 1. The minimum absolute atomic E-state index is 0.0119. The van der Waals surface area contributed by atoms with E-state index in [1.807, 2.05) is 0 Å². The fraction of sp³-hybridized carbons (Fsp3) is 0.227. The SMILES string of the molecule is COC(=O)Cc1ccc(OC(=O)c2ccc(Cn3nc(C)c([N+](=O)[O-])c3C)cc2)cc1. The van der Waals surface area contributed by atoms with Crippen molar-refractivity contribution in [1.82, 2.24) is 9.78 Å². The second kappa shape index (κ2) is 9.21. The number of hydrogen-bond acceptors (Lipinski definition) is 7. The van der Waals surface area contributed by atoms with Crippen LogP contribution in [-0.2, 0) is 22.5 Å². The average Bonchev–Trinajstić information content (AvgIpc) is 3.02. The summed E-state index contributed by atoms with van der Waals surface area (Å²) in [6.45, 7) is 3.60. The molecule has 0 unspecified atom stereocenters. The van der Waals surface area contributed by atoms with Crippen LogP contribution >= 0.6 is 0 Å². The van der Waals surface area contributed by atoms with Gasteiger partial charge < -0.3 is 9.47 Å². The second-order valence-corrected chi connectivity index (χ2v) is 6.92. The Labute approximate surface area is 178 Å². The molecule has 0 fully saturated rings. The summed E-state index contributed by atoms with van der Waals surface area (Å²) in [6, 6.07) is 13.4. The number of nitro groups is 1. The third kappa shape index (κ3) is 5.13. The van der Waals surface area contributed by atoms with Gasteiger partial charge in [-0.05, 0) is 49.2 Å². The predicted octanol–water partition coefficient (Wildman–Crippen LogP) is 3.39. The van der Waals surface area contributed by atoms with Crippen molar-refractivity contribution in [1.29, 1.82) is 0 Å². The number of carbonyl (C=O) groups is 2. The summed E-state index contributed by atoms with van der Waals surface area (Å²) in [5.74, 6) is -0.508. The molecule has 0 spiro atoms. The summed E-state index contributed by atoms with van der Waals surface area (Å²) in [6.07, 6.45) is 0.143. The van der Waals surface area contributed by atoms with Gasteiger partial charge in [0.15, 0.2) is 0 Å². The van der Waals surface area contributed by atoms with Gasteiger partial charge in [0.05, 0.1) is 30.6 Å². The van der Waals surface area contributed by atoms with Gasteiger partial charge in [0.2, 0.25) is 0 Å². The van der Waals surface area contributed by atoms with Crippen LogP contribution in [0.4, 0.5) is 5.69 Å². The number of carbonyl (C=O) groups excluding carboxylic acids is 2. The number of nitrogens with zero attached hydrogens (tertiary/aromatic N) is 3. The fourth-order valence-corrected chi connectivity index (χ4v) is 3.10. The number of methoxy groups -OCH3 is 1. The summed E-state index contributed by atoms with van der Waals surface area (Å²) in [5, 5.41) is 15.4. The Morgan fingerprint density at radius 2 is 1.65 bits per heavy atom. The minimum atomic E-state index is -0.519. The van der Waals surface area contributed by atoms with Crippen LogP contribution in [0.1, 0.15) is 32.9 Å². The van der Waals surface area contributed by atoms with E-state index in [1.165, 1.54) is 7.11 Å². The van der Waals surface area contributed by atoms with Crippen molar-refractivity contribution in [2.75, 3.05) is 7.11 Å². The Morgan fingerprint density at radius 1 is 1.03 bits per heavy atom. The van der Waals surface area contributed by atoms with E-state index in [2.05, 4.69) is 9.84 Å². The van der Waals surface area contributed by atoms with Crippen LogP contribution < -0.4 is 4.74 Å². The van der Waals surface area contributed by atoms with Gasteiger partial charge in [0, 0.05) is 0 Å². The summed E-state index contributed by atoms with van der Waals surface area (Å²) in [4.78, 5) is 34.4.